The van der Waals surface area contributed by atoms with E-state index in [-0.39, 0.29) is 12.3 Å². The molecule has 9 nitrogen and oxygen atoms in total. The number of furan rings is 1. The van der Waals surface area contributed by atoms with Gasteiger partial charge in [-0.25, -0.2) is 0 Å². The van der Waals surface area contributed by atoms with Crippen molar-refractivity contribution in [3.63, 3.8) is 0 Å². The topological polar surface area (TPSA) is 116 Å². The fourth-order valence-electron chi connectivity index (χ4n) is 3.46. The van der Waals surface area contributed by atoms with Crippen LogP contribution in [0, 0.1) is 0 Å². The van der Waals surface area contributed by atoms with Crippen molar-refractivity contribution in [1.29, 1.82) is 0 Å². The number of methoxy groups -OCH3 is 2. The van der Waals surface area contributed by atoms with Crippen molar-refractivity contribution in [2.24, 2.45) is 0 Å². The van der Waals surface area contributed by atoms with Gasteiger partial charge >= 0.3 is 5.97 Å². The van der Waals surface area contributed by atoms with Gasteiger partial charge in [0.1, 0.15) is 17.1 Å². The minimum atomic E-state index is -0.561. The van der Waals surface area contributed by atoms with Crippen LogP contribution >= 0.6 is 0 Å². The van der Waals surface area contributed by atoms with Gasteiger partial charge in [0.25, 0.3) is 11.8 Å². The molecule has 184 valence electrons. The fourth-order valence-corrected chi connectivity index (χ4v) is 3.46. The molecule has 1 aromatic heterocycles. The summed E-state index contributed by atoms with van der Waals surface area (Å²) < 4.78 is 20.8. The Morgan fingerprint density at radius 3 is 2.14 bits per heavy atom. The van der Waals surface area contributed by atoms with Crippen LogP contribution in [0.2, 0.25) is 0 Å². The first kappa shape index (κ1) is 24.3. The van der Waals surface area contributed by atoms with E-state index < -0.39 is 18.5 Å². The zero-order valence-electron chi connectivity index (χ0n) is 19.7. The third kappa shape index (κ3) is 6.01. The molecule has 36 heavy (non-hydrogen) atoms. The summed E-state index contributed by atoms with van der Waals surface area (Å²) in [5.74, 6) is -0.0182. The quantitative estimate of drug-likeness (QED) is 0.335. The first-order chi connectivity index (χ1) is 17.4. The summed E-state index contributed by atoms with van der Waals surface area (Å²) in [5.41, 5.74) is 2.76. The Hall–Kier alpha value is -4.79. The molecule has 0 saturated heterocycles. The molecule has 4 rings (SSSR count). The highest BCUT2D eigenvalue weighted by molar-refractivity contribution is 6.04. The van der Waals surface area contributed by atoms with Gasteiger partial charge in [0.05, 0.1) is 26.9 Å². The third-order valence-corrected chi connectivity index (χ3v) is 5.34. The summed E-state index contributed by atoms with van der Waals surface area (Å²) in [7, 11) is 3.13. The van der Waals surface area contributed by atoms with E-state index in [0.717, 1.165) is 5.39 Å². The molecule has 0 spiro atoms. The van der Waals surface area contributed by atoms with Crippen molar-refractivity contribution in [1.82, 2.24) is 0 Å². The van der Waals surface area contributed by atoms with Gasteiger partial charge in [-0.2, -0.15) is 0 Å². The Kier molecular flexibility index (Phi) is 7.50. The number of rotatable bonds is 9. The third-order valence-electron chi connectivity index (χ3n) is 5.34. The smallest absolute Gasteiger partial charge is 0.310 e. The van der Waals surface area contributed by atoms with Gasteiger partial charge in [-0.05, 0) is 60.7 Å². The second-order valence-electron chi connectivity index (χ2n) is 7.77. The highest BCUT2D eigenvalue weighted by Crippen LogP contribution is 2.26. The molecule has 0 aliphatic heterocycles. The summed E-state index contributed by atoms with van der Waals surface area (Å²) >= 11 is 0. The number of amides is 2. The lowest BCUT2D eigenvalue weighted by molar-refractivity contribution is -0.146. The van der Waals surface area contributed by atoms with E-state index in [1.54, 1.807) is 80.9 Å². The predicted molar refractivity (Wildman–Crippen MR) is 133 cm³/mol. The summed E-state index contributed by atoms with van der Waals surface area (Å²) in [6.07, 6.45) is 1.45. The summed E-state index contributed by atoms with van der Waals surface area (Å²) in [4.78, 5) is 36.8. The number of fused-ring (bicyclic) bond motifs is 1. The number of carbonyl (C=O) groups is 3. The molecule has 0 unspecified atom stereocenters. The second kappa shape index (κ2) is 11.1. The Balaban J connectivity index is 1.25. The number of benzene rings is 3. The number of ether oxygens (including phenoxy) is 3. The Morgan fingerprint density at radius 1 is 0.806 bits per heavy atom. The molecule has 0 bridgehead atoms. The van der Waals surface area contributed by atoms with Crippen LogP contribution < -0.4 is 20.1 Å². The lowest BCUT2D eigenvalue weighted by Crippen LogP contribution is -2.21. The zero-order valence-corrected chi connectivity index (χ0v) is 19.7. The van der Waals surface area contributed by atoms with Gasteiger partial charge in [-0.1, -0.05) is 0 Å². The van der Waals surface area contributed by atoms with Crippen LogP contribution in [0.4, 0.5) is 11.4 Å². The van der Waals surface area contributed by atoms with Crippen molar-refractivity contribution < 1.29 is 33.0 Å². The van der Waals surface area contributed by atoms with E-state index in [9.17, 15) is 14.4 Å². The molecular weight excluding hydrogens is 464 g/mol. The molecule has 4 aromatic rings. The van der Waals surface area contributed by atoms with Gasteiger partial charge < -0.3 is 29.3 Å². The van der Waals surface area contributed by atoms with E-state index in [1.807, 2.05) is 0 Å². The molecule has 0 radical (unpaired) electrons. The van der Waals surface area contributed by atoms with E-state index in [1.165, 1.54) is 6.26 Å². The Bertz CT molecular complexity index is 1380. The van der Waals surface area contributed by atoms with E-state index in [4.69, 9.17) is 18.6 Å². The van der Waals surface area contributed by atoms with Crippen LogP contribution in [0.25, 0.3) is 11.0 Å². The summed E-state index contributed by atoms with van der Waals surface area (Å²) in [6, 6.07) is 18.6. The van der Waals surface area contributed by atoms with Gasteiger partial charge in [0.15, 0.2) is 6.61 Å². The summed E-state index contributed by atoms with van der Waals surface area (Å²) in [6.45, 7) is -0.442. The Morgan fingerprint density at radius 2 is 1.44 bits per heavy atom. The highest BCUT2D eigenvalue weighted by Gasteiger charge is 2.14. The highest BCUT2D eigenvalue weighted by atomic mass is 16.5. The average Bonchev–Trinajstić information content (AvgIpc) is 3.30. The lowest BCUT2D eigenvalue weighted by atomic mass is 10.1. The van der Waals surface area contributed by atoms with Crippen LogP contribution in [-0.4, -0.2) is 38.6 Å². The SMILES string of the molecule is COc1ccc(NC(=O)c2ccc(NC(=O)COC(=O)Cc3coc4cc(OC)ccc34)cc2)cc1. The minimum absolute atomic E-state index is 0.0371. The van der Waals surface area contributed by atoms with Gasteiger partial charge in [0, 0.05) is 34.0 Å². The maximum absolute atomic E-state index is 12.4. The number of hydrogen-bond acceptors (Lipinski definition) is 7. The summed E-state index contributed by atoms with van der Waals surface area (Å²) in [5, 5.41) is 6.19. The van der Waals surface area contributed by atoms with Crippen molar-refractivity contribution in [3.05, 3.63) is 84.1 Å². The predicted octanol–water partition coefficient (Wildman–Crippen LogP) is 4.43. The first-order valence-corrected chi connectivity index (χ1v) is 11.0. The van der Waals surface area contributed by atoms with Crippen molar-refractivity contribution >= 4 is 40.1 Å². The first-order valence-electron chi connectivity index (χ1n) is 11.0. The molecule has 0 aliphatic carbocycles. The number of esters is 1. The number of hydrogen-bond donors (Lipinski definition) is 2. The molecule has 9 heteroatoms. The van der Waals surface area contributed by atoms with Crippen LogP contribution in [-0.2, 0) is 20.7 Å². The molecular formula is C27H24N2O7. The van der Waals surface area contributed by atoms with E-state index in [0.29, 0.717) is 39.6 Å². The van der Waals surface area contributed by atoms with Crippen LogP contribution in [0.5, 0.6) is 11.5 Å². The number of anilines is 2. The molecule has 0 fully saturated rings. The maximum Gasteiger partial charge on any atom is 0.310 e. The van der Waals surface area contributed by atoms with Crippen LogP contribution in [0.3, 0.4) is 0 Å². The van der Waals surface area contributed by atoms with E-state index in [2.05, 4.69) is 10.6 Å². The van der Waals surface area contributed by atoms with Crippen molar-refractivity contribution in [2.75, 3.05) is 31.5 Å². The monoisotopic (exact) mass is 488 g/mol. The van der Waals surface area contributed by atoms with Gasteiger partial charge in [0.2, 0.25) is 0 Å². The van der Waals surface area contributed by atoms with Crippen molar-refractivity contribution in [2.45, 2.75) is 6.42 Å². The second-order valence-corrected chi connectivity index (χ2v) is 7.77. The normalized spacial score (nSPS) is 10.5. The molecule has 2 amide bonds. The average molecular weight is 488 g/mol. The molecule has 0 aliphatic rings. The van der Waals surface area contributed by atoms with E-state index >= 15 is 0 Å². The molecule has 3 aromatic carbocycles. The van der Waals surface area contributed by atoms with Crippen molar-refractivity contribution in [3.8, 4) is 11.5 Å². The molecule has 2 N–H and O–H groups in total. The maximum atomic E-state index is 12.4. The largest absolute Gasteiger partial charge is 0.497 e. The minimum Gasteiger partial charge on any atom is -0.497 e. The van der Waals surface area contributed by atoms with Crippen LogP contribution in [0.15, 0.2) is 77.4 Å². The Labute approximate surface area is 207 Å². The standard InChI is InChI=1S/C27H24N2O7/c1-33-21-9-7-20(8-10-21)29-27(32)17-3-5-19(6-4-17)28-25(30)16-36-26(31)13-18-15-35-24-14-22(34-2)11-12-23(18)24/h3-12,14-15H,13,16H2,1-2H3,(H,28,30)(H,29,32). The fraction of sp³-hybridized carbons (Fsp3) is 0.148. The van der Waals surface area contributed by atoms with Gasteiger partial charge in [-0.15, -0.1) is 0 Å². The zero-order chi connectivity index (χ0) is 25.5. The van der Waals surface area contributed by atoms with Crippen LogP contribution in [0.1, 0.15) is 15.9 Å². The number of carbonyl (C=O) groups excluding carboxylic acids is 3. The molecule has 0 saturated carbocycles. The number of nitrogens with one attached hydrogen (secondary N) is 2. The van der Waals surface area contributed by atoms with Gasteiger partial charge in [-0.3, -0.25) is 14.4 Å². The molecule has 0 atom stereocenters. The molecule has 1 heterocycles. The lowest BCUT2D eigenvalue weighted by Gasteiger charge is -2.09.